The van der Waals surface area contributed by atoms with E-state index in [1.807, 2.05) is 14.1 Å². The molecule has 2 rings (SSSR count). The number of aromatic nitrogens is 2. The van der Waals surface area contributed by atoms with Crippen molar-refractivity contribution in [2.24, 2.45) is 0 Å². The topological polar surface area (TPSA) is 70.2 Å². The second kappa shape index (κ2) is 9.29. The van der Waals surface area contributed by atoms with Crippen LogP contribution in [0.15, 0.2) is 30.6 Å². The van der Waals surface area contributed by atoms with Crippen molar-refractivity contribution >= 4 is 17.4 Å². The molecule has 140 valence electrons. The van der Waals surface area contributed by atoms with E-state index in [9.17, 15) is 4.79 Å². The summed E-state index contributed by atoms with van der Waals surface area (Å²) in [7, 11) is 4.03. The third kappa shape index (κ3) is 5.52. The van der Waals surface area contributed by atoms with Gasteiger partial charge in [-0.3, -0.25) is 4.79 Å². The average Bonchev–Trinajstić information content (AvgIpc) is 2.60. The second-order valence-electron chi connectivity index (χ2n) is 7.02. The van der Waals surface area contributed by atoms with E-state index < -0.39 is 0 Å². The number of rotatable bonds is 8. The fourth-order valence-electron chi connectivity index (χ4n) is 2.71. The van der Waals surface area contributed by atoms with E-state index in [2.05, 4.69) is 64.5 Å². The van der Waals surface area contributed by atoms with Crippen LogP contribution in [0.4, 0.5) is 11.5 Å². The molecule has 1 amide bonds. The minimum Gasteiger partial charge on any atom is -0.351 e. The second-order valence-corrected chi connectivity index (χ2v) is 7.02. The molecule has 2 N–H and O–H groups in total. The molecule has 1 aromatic heterocycles. The molecule has 0 aliphatic heterocycles. The predicted molar refractivity (Wildman–Crippen MR) is 106 cm³/mol. The molecule has 26 heavy (non-hydrogen) atoms. The van der Waals surface area contributed by atoms with E-state index in [-0.39, 0.29) is 5.91 Å². The molecule has 0 spiro atoms. The number of benzene rings is 1. The maximum atomic E-state index is 12.3. The van der Waals surface area contributed by atoms with Crippen molar-refractivity contribution in [2.45, 2.75) is 33.1 Å². The van der Waals surface area contributed by atoms with Crippen molar-refractivity contribution in [3.8, 4) is 0 Å². The Labute approximate surface area is 156 Å². The molecule has 1 heterocycles. The zero-order chi connectivity index (χ0) is 19.1. The summed E-state index contributed by atoms with van der Waals surface area (Å²) in [5.74, 6) is 0.830. The lowest BCUT2D eigenvalue weighted by Gasteiger charge is -2.17. The van der Waals surface area contributed by atoms with E-state index in [1.54, 1.807) is 6.07 Å². The summed E-state index contributed by atoms with van der Waals surface area (Å²) in [6.45, 7) is 7.94. The van der Waals surface area contributed by atoms with Crippen LogP contribution in [0.5, 0.6) is 0 Å². The summed E-state index contributed by atoms with van der Waals surface area (Å²) in [5.41, 5.74) is 3.77. The number of anilines is 2. The fourth-order valence-corrected chi connectivity index (χ4v) is 2.71. The van der Waals surface area contributed by atoms with Gasteiger partial charge in [0.1, 0.15) is 17.8 Å². The van der Waals surface area contributed by atoms with E-state index >= 15 is 0 Å². The number of nitrogens with one attached hydrogen (secondary N) is 2. The number of aryl methyl sites for hydroxylation is 1. The molecule has 6 heteroatoms. The minimum absolute atomic E-state index is 0.178. The molecule has 0 atom stereocenters. The summed E-state index contributed by atoms with van der Waals surface area (Å²) < 4.78 is 0. The standard InChI is InChI=1S/C20H29N5O/c1-14(2)16-9-6-8-15(3)19(16)24-18-12-17(22-13-23-18)20(26)21-10-7-11-25(4)5/h6,8-9,12-14H,7,10-11H2,1-5H3,(H,21,26)(H,22,23,24). The quantitative estimate of drug-likeness (QED) is 0.711. The van der Waals surface area contributed by atoms with Gasteiger partial charge in [0.15, 0.2) is 0 Å². The van der Waals surface area contributed by atoms with Crippen molar-refractivity contribution in [2.75, 3.05) is 32.5 Å². The van der Waals surface area contributed by atoms with Gasteiger partial charge in [0.05, 0.1) is 0 Å². The first-order chi connectivity index (χ1) is 12.4. The third-order valence-corrected chi connectivity index (χ3v) is 4.15. The Balaban J connectivity index is 2.09. The molecule has 0 unspecified atom stereocenters. The number of nitrogens with zero attached hydrogens (tertiary/aromatic N) is 3. The van der Waals surface area contributed by atoms with Crippen LogP contribution in [0.3, 0.4) is 0 Å². The van der Waals surface area contributed by atoms with Crippen LogP contribution < -0.4 is 10.6 Å². The van der Waals surface area contributed by atoms with Gasteiger partial charge in [-0.25, -0.2) is 9.97 Å². The Morgan fingerprint density at radius 2 is 2.00 bits per heavy atom. The minimum atomic E-state index is -0.178. The molecule has 1 aromatic carbocycles. The van der Waals surface area contributed by atoms with E-state index in [0.29, 0.717) is 24.0 Å². The van der Waals surface area contributed by atoms with Crippen LogP contribution in [0.2, 0.25) is 0 Å². The largest absolute Gasteiger partial charge is 0.351 e. The van der Waals surface area contributed by atoms with Gasteiger partial charge in [-0.15, -0.1) is 0 Å². The molecule has 0 aliphatic carbocycles. The van der Waals surface area contributed by atoms with E-state index in [1.165, 1.54) is 11.9 Å². The Hall–Kier alpha value is -2.47. The molecular weight excluding hydrogens is 326 g/mol. The lowest BCUT2D eigenvalue weighted by molar-refractivity contribution is 0.0947. The molecule has 0 saturated heterocycles. The molecule has 0 saturated carbocycles. The molecule has 0 fully saturated rings. The number of carbonyl (C=O) groups is 1. The molecule has 0 aliphatic rings. The van der Waals surface area contributed by atoms with E-state index in [4.69, 9.17) is 0 Å². The van der Waals surface area contributed by atoms with Crippen LogP contribution in [-0.2, 0) is 0 Å². The molecule has 2 aromatic rings. The van der Waals surface area contributed by atoms with Crippen molar-refractivity contribution in [1.82, 2.24) is 20.2 Å². The SMILES string of the molecule is Cc1cccc(C(C)C)c1Nc1cc(C(=O)NCCCN(C)C)ncn1. The van der Waals surface area contributed by atoms with Gasteiger partial charge in [-0.05, 0) is 51.0 Å². The van der Waals surface area contributed by atoms with Gasteiger partial charge in [-0.2, -0.15) is 0 Å². The van der Waals surface area contributed by atoms with Gasteiger partial charge in [-0.1, -0.05) is 32.0 Å². The van der Waals surface area contributed by atoms with Crippen LogP contribution in [0.25, 0.3) is 0 Å². The lowest BCUT2D eigenvalue weighted by atomic mass is 9.98. The van der Waals surface area contributed by atoms with Crippen molar-refractivity contribution < 1.29 is 4.79 Å². The Morgan fingerprint density at radius 1 is 1.23 bits per heavy atom. The van der Waals surface area contributed by atoms with Gasteiger partial charge in [0.25, 0.3) is 5.91 Å². The van der Waals surface area contributed by atoms with Gasteiger partial charge in [0.2, 0.25) is 0 Å². The Morgan fingerprint density at radius 3 is 2.69 bits per heavy atom. The Kier molecular flexibility index (Phi) is 7.09. The number of carbonyl (C=O) groups excluding carboxylic acids is 1. The third-order valence-electron chi connectivity index (χ3n) is 4.15. The first-order valence-corrected chi connectivity index (χ1v) is 9.00. The molecule has 0 radical (unpaired) electrons. The molecule has 0 bridgehead atoms. The lowest BCUT2D eigenvalue weighted by Crippen LogP contribution is -2.27. The van der Waals surface area contributed by atoms with Crippen molar-refractivity contribution in [1.29, 1.82) is 0 Å². The zero-order valence-corrected chi connectivity index (χ0v) is 16.3. The van der Waals surface area contributed by atoms with Crippen molar-refractivity contribution in [3.05, 3.63) is 47.4 Å². The number of amides is 1. The predicted octanol–water partition coefficient (Wildman–Crippen LogP) is 3.33. The van der Waals surface area contributed by atoms with Gasteiger partial charge >= 0.3 is 0 Å². The highest BCUT2D eigenvalue weighted by molar-refractivity contribution is 5.93. The number of hydrogen-bond acceptors (Lipinski definition) is 5. The average molecular weight is 355 g/mol. The zero-order valence-electron chi connectivity index (χ0n) is 16.3. The fraction of sp³-hybridized carbons (Fsp3) is 0.450. The van der Waals surface area contributed by atoms with Crippen LogP contribution >= 0.6 is 0 Å². The number of hydrogen-bond donors (Lipinski definition) is 2. The monoisotopic (exact) mass is 355 g/mol. The Bertz CT molecular complexity index is 743. The normalized spacial score (nSPS) is 11.0. The van der Waals surface area contributed by atoms with Crippen LogP contribution in [0.1, 0.15) is 47.8 Å². The molecule has 6 nitrogen and oxygen atoms in total. The van der Waals surface area contributed by atoms with E-state index in [0.717, 1.165) is 24.2 Å². The highest BCUT2D eigenvalue weighted by Gasteiger charge is 2.12. The first kappa shape index (κ1) is 19.8. The number of para-hydroxylation sites is 1. The summed E-state index contributed by atoms with van der Waals surface area (Å²) >= 11 is 0. The maximum Gasteiger partial charge on any atom is 0.270 e. The summed E-state index contributed by atoms with van der Waals surface area (Å²) in [6.07, 6.45) is 2.32. The summed E-state index contributed by atoms with van der Waals surface area (Å²) in [5, 5.41) is 6.26. The van der Waals surface area contributed by atoms with Gasteiger partial charge < -0.3 is 15.5 Å². The maximum absolute atomic E-state index is 12.3. The summed E-state index contributed by atoms with van der Waals surface area (Å²) in [4.78, 5) is 22.8. The van der Waals surface area contributed by atoms with Crippen molar-refractivity contribution in [3.63, 3.8) is 0 Å². The first-order valence-electron chi connectivity index (χ1n) is 9.00. The van der Waals surface area contributed by atoms with Crippen LogP contribution in [0, 0.1) is 6.92 Å². The summed E-state index contributed by atoms with van der Waals surface area (Å²) in [6, 6.07) is 7.92. The van der Waals surface area contributed by atoms with Crippen LogP contribution in [-0.4, -0.2) is 48.0 Å². The molecular formula is C20H29N5O. The highest BCUT2D eigenvalue weighted by Crippen LogP contribution is 2.29. The smallest absolute Gasteiger partial charge is 0.270 e. The van der Waals surface area contributed by atoms with Gasteiger partial charge in [0, 0.05) is 18.3 Å². The highest BCUT2D eigenvalue weighted by atomic mass is 16.1.